The van der Waals surface area contributed by atoms with Gasteiger partial charge in [0.2, 0.25) is 0 Å². The minimum Gasteiger partial charge on any atom is -0.358 e. The van der Waals surface area contributed by atoms with Crippen molar-refractivity contribution in [1.82, 2.24) is 9.55 Å². The van der Waals surface area contributed by atoms with Gasteiger partial charge in [-0.1, -0.05) is 13.8 Å². The predicted molar refractivity (Wildman–Crippen MR) is 45.0 cm³/mol. The van der Waals surface area contributed by atoms with Crippen molar-refractivity contribution >= 4 is 6.03 Å². The number of nitrogens with two attached hydrogens (primary N) is 1. The Morgan fingerprint density at radius 1 is 1.50 bits per heavy atom. The molecule has 0 saturated heterocycles. The topological polar surface area (TPSA) is 60.9 Å². The van der Waals surface area contributed by atoms with Gasteiger partial charge in [-0.2, -0.15) is 0 Å². The molecule has 12 heavy (non-hydrogen) atoms. The third kappa shape index (κ3) is 6.49. The summed E-state index contributed by atoms with van der Waals surface area (Å²) in [4.78, 5) is 13.8. The van der Waals surface area contributed by atoms with E-state index in [4.69, 9.17) is 5.73 Å². The van der Waals surface area contributed by atoms with E-state index in [1.165, 1.54) is 23.3 Å². The molecule has 1 aromatic rings. The second-order valence-electron chi connectivity index (χ2n) is 1.31. The number of hydrogen-bond donors (Lipinski definition) is 1. The van der Waals surface area contributed by atoms with E-state index in [9.17, 15) is 4.79 Å². The van der Waals surface area contributed by atoms with Gasteiger partial charge >= 0.3 is 6.03 Å². The molecule has 0 bridgehead atoms. The van der Waals surface area contributed by atoms with Crippen LogP contribution in [0.3, 0.4) is 0 Å². The fourth-order valence-corrected chi connectivity index (χ4v) is 0.389. The number of imidazole rings is 1. The maximum Gasteiger partial charge on any atom is 0.324 e. The Kier molecular flexibility index (Phi) is 16.0. The Morgan fingerprint density at radius 3 is 2.17 bits per heavy atom. The van der Waals surface area contributed by atoms with E-state index in [1.807, 2.05) is 13.8 Å². The maximum absolute atomic E-state index is 10.2. The SMILES string of the molecule is CC.NC(=O)n1ccnc1.[CH3-].[Y]. The van der Waals surface area contributed by atoms with Crippen LogP contribution < -0.4 is 5.73 Å². The molecule has 1 amide bonds. The van der Waals surface area contributed by atoms with Gasteiger partial charge in [0.1, 0.15) is 6.33 Å². The second kappa shape index (κ2) is 10.8. The van der Waals surface area contributed by atoms with Crippen molar-refractivity contribution in [3.05, 3.63) is 26.1 Å². The molecule has 1 rings (SSSR count). The molecule has 67 valence electrons. The monoisotopic (exact) mass is 245 g/mol. The van der Waals surface area contributed by atoms with Crippen LogP contribution in [0.4, 0.5) is 4.79 Å². The number of aromatic nitrogens is 2. The first-order valence-electron chi connectivity index (χ1n) is 3.08. The molecular formula is C7H14N3OY-. The van der Waals surface area contributed by atoms with Gasteiger partial charge in [0.05, 0.1) is 0 Å². The quantitative estimate of drug-likeness (QED) is 0.700. The van der Waals surface area contributed by atoms with Gasteiger partial charge < -0.3 is 13.2 Å². The summed E-state index contributed by atoms with van der Waals surface area (Å²) in [5, 5.41) is 0. The molecule has 1 heterocycles. The van der Waals surface area contributed by atoms with E-state index >= 15 is 0 Å². The molecule has 4 nitrogen and oxygen atoms in total. The summed E-state index contributed by atoms with van der Waals surface area (Å²) in [6, 6.07) is -0.512. The Morgan fingerprint density at radius 2 is 2.00 bits per heavy atom. The van der Waals surface area contributed by atoms with Gasteiger partial charge in [-0.05, 0) is 0 Å². The van der Waals surface area contributed by atoms with E-state index in [2.05, 4.69) is 4.98 Å². The van der Waals surface area contributed by atoms with Gasteiger partial charge in [-0.15, -0.1) is 0 Å². The summed E-state index contributed by atoms with van der Waals surface area (Å²) >= 11 is 0. The van der Waals surface area contributed by atoms with Crippen LogP contribution in [0.25, 0.3) is 0 Å². The van der Waals surface area contributed by atoms with Gasteiger partial charge in [-0.3, -0.25) is 4.57 Å². The fraction of sp³-hybridized carbons (Fsp3) is 0.286. The Bertz CT molecular complexity index is 187. The summed E-state index contributed by atoms with van der Waals surface area (Å²) in [6.07, 6.45) is 4.33. The summed E-state index contributed by atoms with van der Waals surface area (Å²) in [5.74, 6) is 0. The van der Waals surface area contributed by atoms with E-state index < -0.39 is 6.03 Å². The van der Waals surface area contributed by atoms with Crippen LogP contribution in [-0.4, -0.2) is 15.6 Å². The minimum absolute atomic E-state index is 0. The van der Waals surface area contributed by atoms with Crippen molar-refractivity contribution in [2.45, 2.75) is 13.8 Å². The van der Waals surface area contributed by atoms with Crippen molar-refractivity contribution in [1.29, 1.82) is 0 Å². The van der Waals surface area contributed by atoms with E-state index in [0.717, 1.165) is 0 Å². The number of carbonyl (C=O) groups excluding carboxylic acids is 1. The van der Waals surface area contributed by atoms with Crippen molar-refractivity contribution in [2.75, 3.05) is 0 Å². The van der Waals surface area contributed by atoms with Crippen LogP contribution in [0.5, 0.6) is 0 Å². The van der Waals surface area contributed by atoms with Gasteiger partial charge in [0.25, 0.3) is 0 Å². The molecule has 0 unspecified atom stereocenters. The molecule has 2 N–H and O–H groups in total. The molecule has 0 aliphatic carbocycles. The number of carbonyl (C=O) groups is 1. The van der Waals surface area contributed by atoms with E-state index in [1.54, 1.807) is 0 Å². The number of amides is 1. The molecule has 0 aliphatic rings. The zero-order valence-corrected chi connectivity index (χ0v) is 10.5. The predicted octanol–water partition coefficient (Wildman–Crippen LogP) is 1.28. The van der Waals surface area contributed by atoms with Gasteiger partial charge in [0, 0.05) is 45.1 Å². The van der Waals surface area contributed by atoms with Crippen molar-refractivity contribution in [3.63, 3.8) is 0 Å². The van der Waals surface area contributed by atoms with E-state index in [0.29, 0.717) is 0 Å². The van der Waals surface area contributed by atoms with Crippen LogP contribution in [0, 0.1) is 7.43 Å². The summed E-state index contributed by atoms with van der Waals surface area (Å²) < 4.78 is 1.19. The average molecular weight is 245 g/mol. The summed E-state index contributed by atoms with van der Waals surface area (Å²) in [5.41, 5.74) is 4.84. The summed E-state index contributed by atoms with van der Waals surface area (Å²) in [6.45, 7) is 4.00. The number of nitrogens with zero attached hydrogens (tertiary/aromatic N) is 2. The molecule has 0 saturated carbocycles. The Balaban J connectivity index is -0.000000189. The van der Waals surface area contributed by atoms with Crippen molar-refractivity contribution in [3.8, 4) is 0 Å². The molecule has 1 radical (unpaired) electrons. The first kappa shape index (κ1) is 17.8. The fourth-order valence-electron chi connectivity index (χ4n) is 0.389. The second-order valence-corrected chi connectivity index (χ2v) is 1.31. The normalized spacial score (nSPS) is 6.50. The summed E-state index contributed by atoms with van der Waals surface area (Å²) in [7, 11) is 0. The third-order valence-electron chi connectivity index (χ3n) is 0.759. The Labute approximate surface area is 98.4 Å². The molecule has 0 aromatic carbocycles. The Hall–Kier alpha value is -0.216. The zero-order chi connectivity index (χ0) is 7.98. The molecule has 1 aromatic heterocycles. The first-order valence-corrected chi connectivity index (χ1v) is 3.08. The molecule has 0 spiro atoms. The van der Waals surface area contributed by atoms with Crippen molar-refractivity contribution in [2.24, 2.45) is 5.73 Å². The number of rotatable bonds is 0. The van der Waals surface area contributed by atoms with Crippen LogP contribution >= 0.6 is 0 Å². The standard InChI is InChI=1S/C4H5N3O.C2H6.CH3.Y/c5-4(8)7-2-1-6-3-7;1-2;;/h1-3H,(H2,5,8);1-2H3;1H3;/q;;-1;. The van der Waals surface area contributed by atoms with Gasteiger partial charge in [0.15, 0.2) is 0 Å². The van der Waals surface area contributed by atoms with Crippen LogP contribution in [-0.2, 0) is 32.7 Å². The number of hydrogen-bond acceptors (Lipinski definition) is 2. The minimum atomic E-state index is -0.512. The van der Waals surface area contributed by atoms with Crippen LogP contribution in [0.15, 0.2) is 18.7 Å². The van der Waals surface area contributed by atoms with Crippen LogP contribution in [0.1, 0.15) is 13.8 Å². The van der Waals surface area contributed by atoms with Crippen molar-refractivity contribution < 1.29 is 37.5 Å². The van der Waals surface area contributed by atoms with Crippen LogP contribution in [0.2, 0.25) is 0 Å². The van der Waals surface area contributed by atoms with E-state index in [-0.39, 0.29) is 40.1 Å². The number of primary amides is 1. The van der Waals surface area contributed by atoms with Gasteiger partial charge in [-0.25, -0.2) is 9.78 Å². The molecule has 0 aliphatic heterocycles. The molecular weight excluding hydrogens is 231 g/mol. The average Bonchev–Trinajstić information content (AvgIpc) is 2.42. The zero-order valence-electron chi connectivity index (χ0n) is 7.69. The largest absolute Gasteiger partial charge is 0.358 e. The smallest absolute Gasteiger partial charge is 0.324 e. The first-order chi connectivity index (χ1) is 4.80. The third-order valence-corrected chi connectivity index (χ3v) is 0.759. The maximum atomic E-state index is 10.2. The molecule has 0 atom stereocenters. The molecule has 0 fully saturated rings. The molecule has 5 heteroatoms.